The van der Waals surface area contributed by atoms with Crippen LogP contribution in [0.1, 0.15) is 12.0 Å². The second-order valence-electron chi connectivity index (χ2n) is 6.43. The Bertz CT molecular complexity index is 909. The zero-order valence-electron chi connectivity index (χ0n) is 14.6. The topological polar surface area (TPSA) is 37.5 Å². The number of aromatic amines is 1. The number of rotatable bonds is 4. The third-order valence-electron chi connectivity index (χ3n) is 4.71. The number of methoxy groups -OCH3 is 1. The van der Waals surface area contributed by atoms with Crippen molar-refractivity contribution in [3.05, 3.63) is 60.3 Å². The summed E-state index contributed by atoms with van der Waals surface area (Å²) in [6, 6.07) is 13.8. The van der Waals surface area contributed by atoms with Gasteiger partial charge in [-0.2, -0.15) is 0 Å². The van der Waals surface area contributed by atoms with Crippen LogP contribution < -0.4 is 9.47 Å². The van der Waals surface area contributed by atoms with E-state index < -0.39 is 0 Å². The predicted molar refractivity (Wildman–Crippen MR) is 101 cm³/mol. The van der Waals surface area contributed by atoms with Gasteiger partial charge >= 0.3 is 0 Å². The van der Waals surface area contributed by atoms with Crippen LogP contribution in [0.3, 0.4) is 0 Å². The molecule has 0 spiro atoms. The van der Waals surface area contributed by atoms with Crippen molar-refractivity contribution in [1.29, 1.82) is 0 Å². The highest BCUT2D eigenvalue weighted by atomic mass is 16.5. The maximum absolute atomic E-state index is 6.02. The number of ether oxygens (including phenoxy) is 2. The lowest BCUT2D eigenvalue weighted by Crippen LogP contribution is -2.23. The van der Waals surface area contributed by atoms with Gasteiger partial charge in [-0.05, 0) is 61.5 Å². The maximum atomic E-state index is 6.02. The van der Waals surface area contributed by atoms with E-state index in [9.17, 15) is 0 Å². The van der Waals surface area contributed by atoms with Gasteiger partial charge < -0.3 is 19.4 Å². The van der Waals surface area contributed by atoms with Crippen LogP contribution in [-0.4, -0.2) is 37.1 Å². The van der Waals surface area contributed by atoms with Gasteiger partial charge in [-0.25, -0.2) is 0 Å². The van der Waals surface area contributed by atoms with E-state index in [-0.39, 0.29) is 0 Å². The Kier molecular flexibility index (Phi) is 4.20. The van der Waals surface area contributed by atoms with Crippen molar-refractivity contribution >= 4 is 16.5 Å². The Morgan fingerprint density at radius 2 is 1.76 bits per heavy atom. The number of likely N-dealkylation sites (N-methyl/N-ethyl adjacent to an activating group) is 1. The number of hydrogen-bond acceptors (Lipinski definition) is 3. The zero-order chi connectivity index (χ0) is 17.2. The van der Waals surface area contributed by atoms with E-state index in [0.29, 0.717) is 0 Å². The molecule has 4 heteroatoms. The molecule has 0 saturated heterocycles. The summed E-state index contributed by atoms with van der Waals surface area (Å²) in [6.45, 7) is 2.10. The third kappa shape index (κ3) is 3.26. The first-order chi connectivity index (χ1) is 12.2. The van der Waals surface area contributed by atoms with E-state index in [4.69, 9.17) is 9.47 Å². The first-order valence-electron chi connectivity index (χ1n) is 8.54. The molecule has 0 fully saturated rings. The molecule has 1 aliphatic heterocycles. The van der Waals surface area contributed by atoms with Crippen LogP contribution in [0.4, 0.5) is 0 Å². The summed E-state index contributed by atoms with van der Waals surface area (Å²) in [7, 11) is 3.82. The minimum Gasteiger partial charge on any atom is -0.497 e. The minimum absolute atomic E-state index is 0.802. The van der Waals surface area contributed by atoms with E-state index in [1.54, 1.807) is 7.11 Å². The highest BCUT2D eigenvalue weighted by Gasteiger charge is 2.14. The van der Waals surface area contributed by atoms with Crippen molar-refractivity contribution in [2.75, 3.05) is 27.2 Å². The maximum Gasteiger partial charge on any atom is 0.128 e. The van der Waals surface area contributed by atoms with Gasteiger partial charge in [0.25, 0.3) is 0 Å². The fourth-order valence-electron chi connectivity index (χ4n) is 3.22. The van der Waals surface area contributed by atoms with E-state index in [0.717, 1.165) is 42.3 Å². The molecule has 0 bridgehead atoms. The smallest absolute Gasteiger partial charge is 0.128 e. The normalized spacial score (nSPS) is 15.2. The molecule has 0 saturated carbocycles. The Hall–Kier alpha value is -2.72. The minimum atomic E-state index is 0.802. The largest absolute Gasteiger partial charge is 0.497 e. The van der Waals surface area contributed by atoms with Crippen LogP contribution in [0.5, 0.6) is 17.2 Å². The van der Waals surface area contributed by atoms with Crippen LogP contribution in [0, 0.1) is 0 Å². The van der Waals surface area contributed by atoms with E-state index >= 15 is 0 Å². The summed E-state index contributed by atoms with van der Waals surface area (Å²) in [4.78, 5) is 5.71. The molecule has 0 atom stereocenters. The van der Waals surface area contributed by atoms with Crippen molar-refractivity contribution in [1.82, 2.24) is 9.88 Å². The van der Waals surface area contributed by atoms with Crippen LogP contribution >= 0.6 is 0 Å². The summed E-state index contributed by atoms with van der Waals surface area (Å²) in [6.07, 6.45) is 5.51. The van der Waals surface area contributed by atoms with Gasteiger partial charge in [0.15, 0.2) is 0 Å². The summed E-state index contributed by atoms with van der Waals surface area (Å²) in [5.74, 6) is 2.47. The molecular formula is C21H22N2O2. The molecule has 2 aromatic carbocycles. The first kappa shape index (κ1) is 15.8. The quantitative estimate of drug-likeness (QED) is 0.752. The van der Waals surface area contributed by atoms with E-state index in [2.05, 4.69) is 41.3 Å². The number of benzene rings is 2. The number of aromatic nitrogens is 1. The summed E-state index contributed by atoms with van der Waals surface area (Å²) in [5.41, 5.74) is 3.83. The predicted octanol–water partition coefficient (Wildman–Crippen LogP) is 4.69. The molecular weight excluding hydrogens is 312 g/mol. The summed E-state index contributed by atoms with van der Waals surface area (Å²) in [5, 5.41) is 1.21. The van der Waals surface area contributed by atoms with Gasteiger partial charge in [0.2, 0.25) is 0 Å². The highest BCUT2D eigenvalue weighted by molar-refractivity contribution is 5.93. The number of nitrogens with zero attached hydrogens (tertiary/aromatic N) is 1. The molecule has 1 aromatic heterocycles. The Balaban J connectivity index is 1.63. The monoisotopic (exact) mass is 334 g/mol. The lowest BCUT2D eigenvalue weighted by molar-refractivity contribution is 0.370. The van der Waals surface area contributed by atoms with Gasteiger partial charge in [0, 0.05) is 35.8 Å². The highest BCUT2D eigenvalue weighted by Crippen LogP contribution is 2.33. The zero-order valence-corrected chi connectivity index (χ0v) is 14.6. The fourth-order valence-corrected chi connectivity index (χ4v) is 3.22. The van der Waals surface area contributed by atoms with Crippen LogP contribution in [0.25, 0.3) is 16.5 Å². The molecule has 0 unspecified atom stereocenters. The molecule has 0 amide bonds. The number of H-pyrrole nitrogens is 1. The van der Waals surface area contributed by atoms with Crippen molar-refractivity contribution in [3.8, 4) is 17.2 Å². The molecule has 0 radical (unpaired) electrons. The molecule has 4 nitrogen and oxygen atoms in total. The van der Waals surface area contributed by atoms with Crippen molar-refractivity contribution in [2.24, 2.45) is 0 Å². The number of nitrogens with one attached hydrogen (secondary N) is 1. The van der Waals surface area contributed by atoms with Crippen molar-refractivity contribution < 1.29 is 9.47 Å². The van der Waals surface area contributed by atoms with Crippen LogP contribution in [0.15, 0.2) is 54.7 Å². The molecule has 2 heterocycles. The lowest BCUT2D eigenvalue weighted by atomic mass is 9.99. The van der Waals surface area contributed by atoms with Crippen LogP contribution in [0.2, 0.25) is 0 Å². The van der Waals surface area contributed by atoms with Gasteiger partial charge in [-0.1, -0.05) is 6.08 Å². The summed E-state index contributed by atoms with van der Waals surface area (Å²) < 4.78 is 11.2. The molecule has 0 aliphatic carbocycles. The van der Waals surface area contributed by atoms with Gasteiger partial charge in [0.05, 0.1) is 7.11 Å². The fraction of sp³-hybridized carbons (Fsp3) is 0.238. The molecule has 4 rings (SSSR count). The molecule has 1 aliphatic rings. The number of hydrogen-bond donors (Lipinski definition) is 1. The van der Waals surface area contributed by atoms with Crippen LogP contribution in [-0.2, 0) is 0 Å². The SMILES string of the molecule is COc1ccc(Oc2ccc3[nH]cc(C4=CCN(C)CC4)c3c2)cc1. The molecule has 128 valence electrons. The summed E-state index contributed by atoms with van der Waals surface area (Å²) >= 11 is 0. The third-order valence-corrected chi connectivity index (χ3v) is 4.71. The molecule has 25 heavy (non-hydrogen) atoms. The van der Waals surface area contributed by atoms with E-state index in [1.165, 1.54) is 16.5 Å². The first-order valence-corrected chi connectivity index (χ1v) is 8.54. The van der Waals surface area contributed by atoms with Gasteiger partial charge in [-0.15, -0.1) is 0 Å². The standard InChI is InChI=1S/C21H22N2O2/c1-23-11-9-15(10-12-23)20-14-22-21-8-7-18(13-19(20)21)25-17-5-3-16(24-2)4-6-17/h3-9,13-14,22H,10-12H2,1-2H3. The Labute approximate surface area is 147 Å². The van der Waals surface area contributed by atoms with Gasteiger partial charge in [-0.3, -0.25) is 0 Å². The van der Waals surface area contributed by atoms with Crippen molar-refractivity contribution in [3.63, 3.8) is 0 Å². The second kappa shape index (κ2) is 6.65. The average molecular weight is 334 g/mol. The van der Waals surface area contributed by atoms with E-state index in [1.807, 2.05) is 30.3 Å². The molecule has 1 N–H and O–H groups in total. The Morgan fingerprint density at radius 1 is 1.00 bits per heavy atom. The Morgan fingerprint density at radius 3 is 2.48 bits per heavy atom. The number of fused-ring (bicyclic) bond motifs is 1. The average Bonchev–Trinajstić information content (AvgIpc) is 3.06. The molecule has 3 aromatic rings. The lowest BCUT2D eigenvalue weighted by Gasteiger charge is -2.21. The second-order valence-corrected chi connectivity index (χ2v) is 6.43. The van der Waals surface area contributed by atoms with Gasteiger partial charge in [0.1, 0.15) is 17.2 Å². The van der Waals surface area contributed by atoms with Crippen molar-refractivity contribution in [2.45, 2.75) is 6.42 Å².